The van der Waals surface area contributed by atoms with E-state index in [-0.39, 0.29) is 5.60 Å². The van der Waals surface area contributed by atoms with Gasteiger partial charge >= 0.3 is 0 Å². The monoisotopic (exact) mass is 334 g/mol. The minimum Gasteiger partial charge on any atom is -0.374 e. The summed E-state index contributed by atoms with van der Waals surface area (Å²) in [5.74, 6) is 1.98. The van der Waals surface area contributed by atoms with Crippen LogP contribution in [0.1, 0.15) is 36.6 Å². The maximum absolute atomic E-state index is 5.59. The number of benzene rings is 1. The Bertz CT molecular complexity index is 943. The van der Waals surface area contributed by atoms with E-state index in [4.69, 9.17) is 4.74 Å². The molecule has 5 heteroatoms. The second kappa shape index (κ2) is 5.77. The third-order valence-corrected chi connectivity index (χ3v) is 5.11. The van der Waals surface area contributed by atoms with E-state index >= 15 is 0 Å². The van der Waals surface area contributed by atoms with Gasteiger partial charge in [-0.2, -0.15) is 0 Å². The number of hydrogen-bond acceptors (Lipinski definition) is 4. The third kappa shape index (κ3) is 2.65. The van der Waals surface area contributed by atoms with Crippen LogP contribution in [0.3, 0.4) is 0 Å². The maximum Gasteiger partial charge on any atom is 0.137 e. The van der Waals surface area contributed by atoms with Gasteiger partial charge in [-0.15, -0.1) is 10.2 Å². The third-order valence-electron chi connectivity index (χ3n) is 5.11. The van der Waals surface area contributed by atoms with Crippen molar-refractivity contribution in [2.24, 2.45) is 0 Å². The van der Waals surface area contributed by atoms with E-state index in [0.717, 1.165) is 35.6 Å². The Morgan fingerprint density at radius 2 is 1.88 bits per heavy atom. The number of ether oxygens (including phenoxy) is 1. The molecule has 0 bridgehead atoms. The largest absolute Gasteiger partial charge is 0.374 e. The molecule has 0 fully saturated rings. The summed E-state index contributed by atoms with van der Waals surface area (Å²) in [5.41, 5.74) is 5.51. The number of pyridine rings is 1. The molecular weight excluding hydrogens is 312 g/mol. The second-order valence-corrected chi connectivity index (χ2v) is 7.02. The molecule has 0 unspecified atom stereocenters. The summed E-state index contributed by atoms with van der Waals surface area (Å²) in [6.45, 7) is 6.10. The average Bonchev–Trinajstić information content (AvgIpc) is 3.03. The van der Waals surface area contributed by atoms with Crippen LogP contribution in [0.4, 0.5) is 0 Å². The van der Waals surface area contributed by atoms with Gasteiger partial charge in [-0.25, -0.2) is 0 Å². The minimum absolute atomic E-state index is 0.355. The fourth-order valence-electron chi connectivity index (χ4n) is 3.36. The van der Waals surface area contributed by atoms with E-state index in [1.54, 1.807) is 7.11 Å². The van der Waals surface area contributed by atoms with Crippen molar-refractivity contribution in [3.8, 4) is 16.8 Å². The molecule has 0 aliphatic carbocycles. The topological polar surface area (TPSA) is 52.8 Å². The summed E-state index contributed by atoms with van der Waals surface area (Å²) < 4.78 is 7.75. The highest BCUT2D eigenvalue weighted by Gasteiger charge is 2.22. The zero-order valence-electron chi connectivity index (χ0n) is 15.1. The first-order chi connectivity index (χ1) is 12.0. The standard InChI is InChI=1S/C20H22N4O/c1-13-22-23-19-8-6-15-9-14(5-7-18(15)24(13)19)16-10-17(12-21-11-16)20(2,3)25-4/h5,7,9-12H,6,8H2,1-4H3. The van der Waals surface area contributed by atoms with Crippen LogP contribution < -0.4 is 0 Å². The fourth-order valence-corrected chi connectivity index (χ4v) is 3.36. The lowest BCUT2D eigenvalue weighted by atomic mass is 9.94. The van der Waals surface area contributed by atoms with Gasteiger partial charge in [0.25, 0.3) is 0 Å². The van der Waals surface area contributed by atoms with Crippen molar-refractivity contribution >= 4 is 0 Å². The van der Waals surface area contributed by atoms with Gasteiger partial charge in [0.1, 0.15) is 11.6 Å². The highest BCUT2D eigenvalue weighted by atomic mass is 16.5. The maximum atomic E-state index is 5.59. The first-order valence-corrected chi connectivity index (χ1v) is 8.55. The Labute approximate surface area is 147 Å². The van der Waals surface area contributed by atoms with Crippen molar-refractivity contribution in [3.63, 3.8) is 0 Å². The lowest BCUT2D eigenvalue weighted by Crippen LogP contribution is -2.19. The molecule has 25 heavy (non-hydrogen) atoms. The van der Waals surface area contributed by atoms with E-state index in [0.29, 0.717) is 0 Å². The van der Waals surface area contributed by atoms with Crippen molar-refractivity contribution in [3.05, 3.63) is 59.4 Å². The van der Waals surface area contributed by atoms with Gasteiger partial charge in [0.2, 0.25) is 0 Å². The summed E-state index contributed by atoms with van der Waals surface area (Å²) >= 11 is 0. The molecule has 0 radical (unpaired) electrons. The molecule has 1 aromatic carbocycles. The van der Waals surface area contributed by atoms with Crippen LogP contribution in [0.5, 0.6) is 0 Å². The minimum atomic E-state index is -0.355. The summed E-state index contributed by atoms with van der Waals surface area (Å²) in [6.07, 6.45) is 5.69. The molecule has 3 aromatic rings. The van der Waals surface area contributed by atoms with E-state index < -0.39 is 0 Å². The predicted molar refractivity (Wildman–Crippen MR) is 96.8 cm³/mol. The molecule has 0 atom stereocenters. The van der Waals surface area contributed by atoms with Crippen LogP contribution in [0.15, 0.2) is 36.7 Å². The van der Waals surface area contributed by atoms with Crippen molar-refractivity contribution < 1.29 is 4.74 Å². The van der Waals surface area contributed by atoms with Crippen molar-refractivity contribution in [1.29, 1.82) is 0 Å². The van der Waals surface area contributed by atoms with Crippen LogP contribution in [-0.2, 0) is 23.2 Å². The van der Waals surface area contributed by atoms with Crippen LogP contribution in [0.2, 0.25) is 0 Å². The number of nitrogens with zero attached hydrogens (tertiary/aromatic N) is 4. The molecule has 1 aliphatic rings. The van der Waals surface area contributed by atoms with Crippen LogP contribution >= 0.6 is 0 Å². The highest BCUT2D eigenvalue weighted by Crippen LogP contribution is 2.31. The molecule has 3 heterocycles. The molecular formula is C20H22N4O. The van der Waals surface area contributed by atoms with Gasteiger partial charge < -0.3 is 4.74 Å². The Morgan fingerprint density at radius 1 is 1.04 bits per heavy atom. The number of methoxy groups -OCH3 is 1. The van der Waals surface area contributed by atoms with Crippen molar-refractivity contribution in [2.75, 3.05) is 7.11 Å². The predicted octanol–water partition coefficient (Wildman–Crippen LogP) is 3.62. The molecule has 0 saturated carbocycles. The van der Waals surface area contributed by atoms with E-state index in [1.807, 2.05) is 19.3 Å². The van der Waals surface area contributed by atoms with Crippen LogP contribution in [0, 0.1) is 6.92 Å². The molecule has 128 valence electrons. The average molecular weight is 334 g/mol. The smallest absolute Gasteiger partial charge is 0.137 e. The first-order valence-electron chi connectivity index (χ1n) is 8.55. The molecule has 4 rings (SSSR count). The molecule has 0 spiro atoms. The van der Waals surface area contributed by atoms with E-state index in [9.17, 15) is 0 Å². The lowest BCUT2D eigenvalue weighted by Gasteiger charge is -2.24. The SMILES string of the molecule is COC(C)(C)c1cncc(-c2ccc3c(c2)CCc2nnc(C)n2-3)c1. The van der Waals surface area contributed by atoms with Crippen molar-refractivity contribution in [1.82, 2.24) is 19.7 Å². The number of rotatable bonds is 3. The van der Waals surface area contributed by atoms with Gasteiger partial charge in [0.05, 0.1) is 11.3 Å². The Kier molecular flexibility index (Phi) is 3.69. The number of aryl methyl sites for hydroxylation is 3. The molecule has 5 nitrogen and oxygen atoms in total. The molecule has 0 amide bonds. The normalized spacial score (nSPS) is 13.4. The zero-order chi connectivity index (χ0) is 17.6. The van der Waals surface area contributed by atoms with Gasteiger partial charge in [-0.3, -0.25) is 9.55 Å². The molecule has 0 saturated heterocycles. The highest BCUT2D eigenvalue weighted by molar-refractivity contribution is 5.67. The van der Waals surface area contributed by atoms with E-state index in [1.165, 1.54) is 16.8 Å². The number of hydrogen-bond donors (Lipinski definition) is 0. The summed E-state index contributed by atoms with van der Waals surface area (Å²) in [6, 6.07) is 8.74. The molecule has 1 aliphatic heterocycles. The number of aromatic nitrogens is 4. The van der Waals surface area contributed by atoms with Gasteiger partial charge in [0, 0.05) is 37.1 Å². The summed E-state index contributed by atoms with van der Waals surface area (Å²) in [7, 11) is 1.73. The van der Waals surface area contributed by atoms with Crippen molar-refractivity contribution in [2.45, 2.75) is 39.2 Å². The summed E-state index contributed by atoms with van der Waals surface area (Å²) in [5, 5.41) is 8.49. The van der Waals surface area contributed by atoms with Crippen LogP contribution in [-0.4, -0.2) is 26.9 Å². The Morgan fingerprint density at radius 3 is 2.68 bits per heavy atom. The fraction of sp³-hybridized carbons (Fsp3) is 0.350. The number of fused-ring (bicyclic) bond motifs is 3. The van der Waals surface area contributed by atoms with E-state index in [2.05, 4.69) is 57.9 Å². The van der Waals surface area contributed by atoms with Gasteiger partial charge in [-0.05, 0) is 56.5 Å². The Balaban J connectivity index is 1.77. The zero-order valence-corrected chi connectivity index (χ0v) is 15.1. The van der Waals surface area contributed by atoms with Crippen LogP contribution in [0.25, 0.3) is 16.8 Å². The molecule has 0 N–H and O–H groups in total. The van der Waals surface area contributed by atoms with Gasteiger partial charge in [0.15, 0.2) is 0 Å². The lowest BCUT2D eigenvalue weighted by molar-refractivity contribution is 0.0190. The summed E-state index contributed by atoms with van der Waals surface area (Å²) in [4.78, 5) is 4.42. The Hall–Kier alpha value is -2.53. The second-order valence-electron chi connectivity index (χ2n) is 7.02. The molecule has 2 aromatic heterocycles. The quantitative estimate of drug-likeness (QED) is 0.734. The first kappa shape index (κ1) is 16.0. The van der Waals surface area contributed by atoms with Gasteiger partial charge in [-0.1, -0.05) is 6.07 Å².